The van der Waals surface area contributed by atoms with Crippen molar-refractivity contribution in [1.82, 2.24) is 18.7 Å². The Morgan fingerprint density at radius 1 is 0.500 bits per heavy atom. The number of benzene rings is 2. The van der Waals surface area contributed by atoms with Crippen LogP contribution in [0.25, 0.3) is 21.5 Å². The van der Waals surface area contributed by atoms with E-state index in [1.807, 2.05) is 27.7 Å². The zero-order valence-corrected chi connectivity index (χ0v) is 22.4. The van der Waals surface area contributed by atoms with Crippen molar-refractivity contribution in [2.75, 3.05) is 12.3 Å². The molecule has 0 radical (unpaired) electrons. The van der Waals surface area contributed by atoms with Gasteiger partial charge in [-0.05, 0) is 64.3 Å². The summed E-state index contributed by atoms with van der Waals surface area (Å²) in [6.45, 7) is 8.19. The quantitative estimate of drug-likeness (QED) is 0.373. The first kappa shape index (κ1) is 23.6. The maximum absolute atomic E-state index is 13.3. The number of hydrogen-bond acceptors (Lipinski definition) is 4. The van der Waals surface area contributed by atoms with Crippen LogP contribution in [0, 0.1) is 0 Å². The molecule has 0 N–H and O–H groups in total. The van der Waals surface area contributed by atoms with E-state index in [1.165, 1.54) is 0 Å². The van der Waals surface area contributed by atoms with Crippen molar-refractivity contribution in [3.8, 4) is 0 Å². The summed E-state index contributed by atoms with van der Waals surface area (Å²) in [5, 5.41) is 1.88. The zero-order chi connectivity index (χ0) is 25.5. The van der Waals surface area contributed by atoms with Crippen LogP contribution < -0.4 is 22.2 Å². The molecule has 6 rings (SSSR count). The van der Waals surface area contributed by atoms with Crippen LogP contribution in [0.4, 0.5) is 0 Å². The van der Waals surface area contributed by atoms with Crippen LogP contribution in [-0.2, 0) is 0 Å². The summed E-state index contributed by atoms with van der Waals surface area (Å²) in [4.78, 5) is 53.3. The van der Waals surface area contributed by atoms with Crippen molar-refractivity contribution in [2.45, 2.75) is 50.8 Å². The Kier molecular flexibility index (Phi) is 5.47. The van der Waals surface area contributed by atoms with E-state index >= 15 is 0 Å². The smallest absolute Gasteiger partial charge is 0.267 e. The molecular weight excluding hydrogens is 494 g/mol. The molecule has 2 aromatic heterocycles. The number of nitrogens with zero attached hydrogens (tertiary/aromatic N) is 4. The molecule has 0 saturated carbocycles. The summed E-state index contributed by atoms with van der Waals surface area (Å²) in [6.07, 6.45) is 1.75. The summed E-state index contributed by atoms with van der Waals surface area (Å²) < 4.78 is 6.69. The fraction of sp³-hybridized carbons (Fsp3) is 0.385. The molecule has 186 valence electrons. The second kappa shape index (κ2) is 8.36. The van der Waals surface area contributed by atoms with Crippen molar-refractivity contribution in [2.24, 2.45) is 0 Å². The van der Waals surface area contributed by atoms with Crippen LogP contribution in [0.15, 0.2) is 67.7 Å². The summed E-state index contributed by atoms with van der Waals surface area (Å²) in [6, 6.07) is 14.1. The predicted octanol–water partition coefficient (Wildman–Crippen LogP) is 4.41. The van der Waals surface area contributed by atoms with Crippen molar-refractivity contribution in [3.63, 3.8) is 0 Å². The number of hydrogen-bond donors (Lipinski definition) is 0. The largest absolute Gasteiger partial charge is 0.273 e. The van der Waals surface area contributed by atoms with Crippen molar-refractivity contribution in [3.05, 3.63) is 89.9 Å². The second-order valence-electron chi connectivity index (χ2n) is 9.69. The van der Waals surface area contributed by atoms with Gasteiger partial charge in [-0.2, -0.15) is 0 Å². The topological polar surface area (TPSA) is 88.0 Å². The van der Waals surface area contributed by atoms with E-state index in [0.29, 0.717) is 21.5 Å². The lowest BCUT2D eigenvalue weighted by Gasteiger charge is -2.24. The Labute approximate surface area is 209 Å². The van der Waals surface area contributed by atoms with Gasteiger partial charge in [0.05, 0.1) is 44.7 Å². The Hall–Kier alpha value is -2.82. The van der Waals surface area contributed by atoms with E-state index in [4.69, 9.17) is 0 Å². The van der Waals surface area contributed by atoms with Gasteiger partial charge < -0.3 is 0 Å². The van der Waals surface area contributed by atoms with Crippen molar-refractivity contribution < 1.29 is 0 Å². The third-order valence-electron chi connectivity index (χ3n) is 8.02. The minimum atomic E-state index is -0.699. The monoisotopic (exact) mass is 522 g/mol. The standard InChI is InChI=1S/C26H28N4O4P2/c1-15-27-23(31)19-9-5-6-10-20(19)24(32)28(27)16(2)35(15)13-14-36-17(3)29-25(33)21-11-7-8-12-22(21)26(34)30(29)18(36)4/h5-12,15-18H,13-14H2,1-4H3/t15-,16-,17-,18-/m0/s1. The van der Waals surface area contributed by atoms with Gasteiger partial charge in [-0.15, -0.1) is 0 Å². The third kappa shape index (κ3) is 3.07. The zero-order valence-electron chi connectivity index (χ0n) is 20.7. The Morgan fingerprint density at radius 2 is 0.722 bits per heavy atom. The molecule has 2 aliphatic rings. The Bertz CT molecular complexity index is 1530. The molecule has 0 bridgehead atoms. The highest BCUT2D eigenvalue weighted by atomic mass is 31.1. The maximum Gasteiger partial charge on any atom is 0.273 e. The normalized spacial score (nSPS) is 24.0. The lowest BCUT2D eigenvalue weighted by atomic mass is 10.2. The predicted molar refractivity (Wildman–Crippen MR) is 147 cm³/mol. The van der Waals surface area contributed by atoms with Gasteiger partial charge in [-0.3, -0.25) is 19.2 Å². The van der Waals surface area contributed by atoms with Gasteiger partial charge in [0.25, 0.3) is 22.2 Å². The van der Waals surface area contributed by atoms with Gasteiger partial charge in [0, 0.05) is 0 Å². The molecule has 0 amide bonds. The molecule has 4 heterocycles. The maximum atomic E-state index is 13.3. The number of aromatic nitrogens is 4. The van der Waals surface area contributed by atoms with Gasteiger partial charge in [-0.25, -0.2) is 18.7 Å². The van der Waals surface area contributed by atoms with Crippen LogP contribution in [0.2, 0.25) is 0 Å². The molecule has 4 atom stereocenters. The van der Waals surface area contributed by atoms with Gasteiger partial charge in [0.2, 0.25) is 0 Å². The highest BCUT2D eigenvalue weighted by molar-refractivity contribution is 7.62. The first-order chi connectivity index (χ1) is 17.2. The van der Waals surface area contributed by atoms with Crippen LogP contribution in [-0.4, -0.2) is 31.1 Å². The summed E-state index contributed by atoms with van der Waals surface area (Å²) >= 11 is 0. The van der Waals surface area contributed by atoms with Gasteiger partial charge >= 0.3 is 0 Å². The molecule has 2 aromatic carbocycles. The number of fused-ring (bicyclic) bond motifs is 4. The summed E-state index contributed by atoms with van der Waals surface area (Å²) in [7, 11) is -1.40. The van der Waals surface area contributed by atoms with E-state index in [2.05, 4.69) is 0 Å². The van der Waals surface area contributed by atoms with Gasteiger partial charge in [0.1, 0.15) is 0 Å². The van der Waals surface area contributed by atoms with Crippen molar-refractivity contribution in [1.29, 1.82) is 0 Å². The van der Waals surface area contributed by atoms with Crippen LogP contribution in [0.5, 0.6) is 0 Å². The fourth-order valence-corrected chi connectivity index (χ4v) is 12.7. The van der Waals surface area contributed by atoms with E-state index in [1.54, 1.807) is 67.3 Å². The fourth-order valence-electron chi connectivity index (χ4n) is 6.16. The lowest BCUT2D eigenvalue weighted by molar-refractivity contribution is 0.471. The molecule has 2 aliphatic heterocycles. The molecular formula is C26H28N4O4P2. The summed E-state index contributed by atoms with van der Waals surface area (Å²) in [5.74, 6) is -0.228. The van der Waals surface area contributed by atoms with Crippen LogP contribution in [0.1, 0.15) is 50.8 Å². The Morgan fingerprint density at radius 3 is 0.944 bits per heavy atom. The SMILES string of the molecule is C[C@H]1n2c(=O)c3ccccc3c(=O)n2[C@H](C)P1CCP1[C@@H](C)n2c(=O)c3ccccc3c(=O)n2[C@@H]1C. The molecule has 0 fully saturated rings. The highest BCUT2D eigenvalue weighted by Gasteiger charge is 2.41. The average Bonchev–Trinajstić information content (AvgIpc) is 3.29. The molecule has 36 heavy (non-hydrogen) atoms. The minimum Gasteiger partial charge on any atom is -0.267 e. The molecule has 4 aromatic rings. The van der Waals surface area contributed by atoms with Gasteiger partial charge in [-0.1, -0.05) is 40.1 Å². The summed E-state index contributed by atoms with van der Waals surface area (Å²) in [5.41, 5.74) is -0.444. The molecule has 8 nitrogen and oxygen atoms in total. The third-order valence-corrected chi connectivity index (χ3v) is 14.6. The molecule has 0 unspecified atom stereocenters. The molecule has 0 spiro atoms. The van der Waals surface area contributed by atoms with E-state index in [0.717, 1.165) is 12.3 Å². The lowest BCUT2D eigenvalue weighted by Crippen LogP contribution is -2.36. The van der Waals surface area contributed by atoms with Crippen LogP contribution in [0.3, 0.4) is 0 Å². The van der Waals surface area contributed by atoms with Gasteiger partial charge in [0.15, 0.2) is 0 Å². The highest BCUT2D eigenvalue weighted by Crippen LogP contribution is 2.66. The second-order valence-corrected chi connectivity index (χ2v) is 15.6. The van der Waals surface area contributed by atoms with E-state index in [9.17, 15) is 19.2 Å². The first-order valence-corrected chi connectivity index (χ1v) is 15.6. The van der Waals surface area contributed by atoms with E-state index in [-0.39, 0.29) is 45.4 Å². The average molecular weight is 522 g/mol. The Balaban J connectivity index is 1.34. The van der Waals surface area contributed by atoms with Crippen molar-refractivity contribution >= 4 is 37.4 Å². The van der Waals surface area contributed by atoms with E-state index < -0.39 is 15.8 Å². The number of rotatable bonds is 3. The first-order valence-electron chi connectivity index (χ1n) is 12.3. The van der Waals surface area contributed by atoms with Crippen LogP contribution >= 0.6 is 15.8 Å². The molecule has 0 saturated heterocycles. The molecule has 10 heteroatoms. The minimum absolute atomic E-state index is 0.0570. The molecule has 0 aliphatic carbocycles.